The minimum absolute atomic E-state index is 0.573. The number of halogens is 2. The summed E-state index contributed by atoms with van der Waals surface area (Å²) in [5, 5.41) is 14.5. The average molecular weight is 333 g/mol. The molecule has 2 nitrogen and oxygen atoms in total. The second kappa shape index (κ2) is 6.27. The van der Waals surface area contributed by atoms with Gasteiger partial charge in [0.2, 0.25) is 0 Å². The second-order valence-corrected chi connectivity index (χ2v) is 6.44. The molecule has 1 saturated carbocycles. The van der Waals surface area contributed by atoms with Gasteiger partial charge in [-0.3, -0.25) is 0 Å². The Bertz CT molecular complexity index is 403. The van der Waals surface area contributed by atoms with Gasteiger partial charge in [-0.05, 0) is 31.0 Å². The highest BCUT2D eigenvalue weighted by atomic mass is 79.9. The van der Waals surface area contributed by atoms with Crippen molar-refractivity contribution in [1.29, 1.82) is 0 Å². The van der Waals surface area contributed by atoms with Crippen LogP contribution in [0.5, 0.6) is 0 Å². The smallest absolute Gasteiger partial charge is 0.0819 e. The molecule has 1 aromatic carbocycles. The summed E-state index contributed by atoms with van der Waals surface area (Å²) in [6.45, 7) is 0.573. The van der Waals surface area contributed by atoms with Crippen molar-refractivity contribution in [2.24, 2.45) is 0 Å². The van der Waals surface area contributed by atoms with E-state index in [2.05, 4.69) is 21.2 Å². The van der Waals surface area contributed by atoms with Crippen LogP contribution in [0.1, 0.15) is 38.5 Å². The molecule has 1 aliphatic carbocycles. The number of benzene rings is 1. The van der Waals surface area contributed by atoms with E-state index in [1.54, 1.807) is 0 Å². The van der Waals surface area contributed by atoms with Gasteiger partial charge in [0.05, 0.1) is 16.3 Å². The Balaban J connectivity index is 1.99. The summed E-state index contributed by atoms with van der Waals surface area (Å²) >= 11 is 9.55. The third-order valence-electron chi connectivity index (χ3n) is 3.57. The molecule has 2 rings (SSSR count). The molecule has 0 unspecified atom stereocenters. The Morgan fingerprint density at radius 3 is 2.56 bits per heavy atom. The second-order valence-electron chi connectivity index (χ2n) is 5.12. The molecule has 0 heterocycles. The maximum atomic E-state index is 10.6. The highest BCUT2D eigenvalue weighted by Gasteiger charge is 2.27. The van der Waals surface area contributed by atoms with Gasteiger partial charge in [-0.1, -0.05) is 53.2 Å². The summed E-state index contributed by atoms with van der Waals surface area (Å²) in [5.74, 6) is 0. The average Bonchev–Trinajstić information content (AvgIpc) is 2.56. The Morgan fingerprint density at radius 1 is 1.22 bits per heavy atom. The van der Waals surface area contributed by atoms with Gasteiger partial charge >= 0.3 is 0 Å². The van der Waals surface area contributed by atoms with Crippen molar-refractivity contribution >= 4 is 33.2 Å². The summed E-state index contributed by atoms with van der Waals surface area (Å²) in [6.07, 6.45) is 6.46. The van der Waals surface area contributed by atoms with E-state index in [-0.39, 0.29) is 0 Å². The molecule has 100 valence electrons. The van der Waals surface area contributed by atoms with Gasteiger partial charge in [0.15, 0.2) is 0 Å². The van der Waals surface area contributed by atoms with Gasteiger partial charge in [0.25, 0.3) is 0 Å². The summed E-state index contributed by atoms with van der Waals surface area (Å²) in [4.78, 5) is 0. The Labute approximate surface area is 122 Å². The number of aliphatic hydroxyl groups is 1. The number of hydrogen-bond acceptors (Lipinski definition) is 2. The van der Waals surface area contributed by atoms with Gasteiger partial charge in [0.1, 0.15) is 0 Å². The molecule has 0 aliphatic heterocycles. The van der Waals surface area contributed by atoms with Gasteiger partial charge in [-0.2, -0.15) is 0 Å². The Morgan fingerprint density at radius 2 is 1.89 bits per heavy atom. The predicted molar refractivity (Wildman–Crippen MR) is 80.3 cm³/mol. The van der Waals surface area contributed by atoms with E-state index in [4.69, 9.17) is 11.6 Å². The van der Waals surface area contributed by atoms with Crippen LogP contribution in [0.25, 0.3) is 0 Å². The maximum Gasteiger partial charge on any atom is 0.0819 e. The van der Waals surface area contributed by atoms with Gasteiger partial charge in [-0.15, -0.1) is 0 Å². The summed E-state index contributed by atoms with van der Waals surface area (Å²) in [7, 11) is 0. The van der Waals surface area contributed by atoms with Crippen molar-refractivity contribution < 1.29 is 5.11 Å². The lowest BCUT2D eigenvalue weighted by atomic mass is 9.94. The minimum Gasteiger partial charge on any atom is -0.388 e. The Kier molecular flexibility index (Phi) is 4.93. The van der Waals surface area contributed by atoms with E-state index in [0.717, 1.165) is 35.8 Å². The standard InChI is InChI=1S/C14H19BrClNO/c15-11-5-6-12(16)13(9-11)17-10-14(18)7-3-1-2-4-8-14/h5-6,9,17-18H,1-4,7-8,10H2. The van der Waals surface area contributed by atoms with Gasteiger partial charge < -0.3 is 10.4 Å². The summed E-state index contributed by atoms with van der Waals surface area (Å²) in [5.41, 5.74) is 0.297. The molecule has 0 radical (unpaired) electrons. The maximum absolute atomic E-state index is 10.6. The molecule has 1 aliphatic rings. The monoisotopic (exact) mass is 331 g/mol. The number of anilines is 1. The van der Waals surface area contributed by atoms with Crippen LogP contribution in [-0.2, 0) is 0 Å². The van der Waals surface area contributed by atoms with E-state index < -0.39 is 5.60 Å². The van der Waals surface area contributed by atoms with Crippen molar-refractivity contribution in [1.82, 2.24) is 0 Å². The van der Waals surface area contributed by atoms with Crippen LogP contribution in [0.3, 0.4) is 0 Å². The van der Waals surface area contributed by atoms with E-state index in [1.165, 1.54) is 12.8 Å². The zero-order chi connectivity index (χ0) is 13.0. The van der Waals surface area contributed by atoms with E-state index in [1.807, 2.05) is 18.2 Å². The lowest BCUT2D eigenvalue weighted by Crippen LogP contribution is -2.36. The molecule has 18 heavy (non-hydrogen) atoms. The number of hydrogen-bond donors (Lipinski definition) is 2. The minimum atomic E-state index is -0.581. The first-order valence-corrected chi connectivity index (χ1v) is 7.67. The molecule has 4 heteroatoms. The molecular formula is C14H19BrClNO. The predicted octanol–water partition coefficient (Wildman–Crippen LogP) is 4.60. The number of nitrogens with one attached hydrogen (secondary N) is 1. The Hall–Kier alpha value is -0.250. The van der Waals surface area contributed by atoms with Crippen LogP contribution in [-0.4, -0.2) is 17.3 Å². The van der Waals surface area contributed by atoms with Crippen molar-refractivity contribution in [3.8, 4) is 0 Å². The molecule has 0 amide bonds. The topological polar surface area (TPSA) is 32.3 Å². The molecule has 0 spiro atoms. The van der Waals surface area contributed by atoms with Gasteiger partial charge in [-0.25, -0.2) is 0 Å². The van der Waals surface area contributed by atoms with Crippen LogP contribution >= 0.6 is 27.5 Å². The quantitative estimate of drug-likeness (QED) is 0.793. The lowest BCUT2D eigenvalue weighted by Gasteiger charge is -2.27. The zero-order valence-electron chi connectivity index (χ0n) is 10.4. The lowest BCUT2D eigenvalue weighted by molar-refractivity contribution is 0.0381. The fourth-order valence-corrected chi connectivity index (χ4v) is 3.00. The molecule has 0 saturated heterocycles. The van der Waals surface area contributed by atoms with Crippen LogP contribution in [0.4, 0.5) is 5.69 Å². The van der Waals surface area contributed by atoms with Gasteiger partial charge in [0, 0.05) is 11.0 Å². The number of rotatable bonds is 3. The fraction of sp³-hybridized carbons (Fsp3) is 0.571. The first-order chi connectivity index (χ1) is 8.59. The molecule has 0 bridgehead atoms. The van der Waals surface area contributed by atoms with Crippen LogP contribution < -0.4 is 5.32 Å². The van der Waals surface area contributed by atoms with Crippen LogP contribution in [0, 0.1) is 0 Å². The van der Waals surface area contributed by atoms with Crippen LogP contribution in [0.15, 0.2) is 22.7 Å². The van der Waals surface area contributed by atoms with Crippen molar-refractivity contribution in [3.63, 3.8) is 0 Å². The highest BCUT2D eigenvalue weighted by molar-refractivity contribution is 9.10. The molecule has 2 N–H and O–H groups in total. The molecular weight excluding hydrogens is 314 g/mol. The molecule has 0 atom stereocenters. The van der Waals surface area contributed by atoms with E-state index in [0.29, 0.717) is 11.6 Å². The zero-order valence-corrected chi connectivity index (χ0v) is 12.7. The molecule has 1 fully saturated rings. The van der Waals surface area contributed by atoms with Crippen molar-refractivity contribution in [3.05, 3.63) is 27.7 Å². The summed E-state index contributed by atoms with van der Waals surface area (Å²) < 4.78 is 0.988. The first-order valence-electron chi connectivity index (χ1n) is 6.50. The SMILES string of the molecule is OC1(CNc2cc(Br)ccc2Cl)CCCCCC1. The molecule has 1 aromatic rings. The first kappa shape index (κ1) is 14.2. The van der Waals surface area contributed by atoms with Crippen LogP contribution in [0.2, 0.25) is 5.02 Å². The van der Waals surface area contributed by atoms with E-state index >= 15 is 0 Å². The third kappa shape index (κ3) is 3.87. The third-order valence-corrected chi connectivity index (χ3v) is 4.39. The normalized spacial score (nSPS) is 19.3. The van der Waals surface area contributed by atoms with E-state index in [9.17, 15) is 5.11 Å². The highest BCUT2D eigenvalue weighted by Crippen LogP contribution is 2.30. The summed E-state index contributed by atoms with van der Waals surface area (Å²) in [6, 6.07) is 5.71. The van der Waals surface area contributed by atoms with Crippen molar-refractivity contribution in [2.45, 2.75) is 44.1 Å². The molecule has 0 aromatic heterocycles. The van der Waals surface area contributed by atoms with Crippen molar-refractivity contribution in [2.75, 3.05) is 11.9 Å². The largest absolute Gasteiger partial charge is 0.388 e. The fourth-order valence-electron chi connectivity index (χ4n) is 2.46.